The summed E-state index contributed by atoms with van der Waals surface area (Å²) in [5.41, 5.74) is 2.11. The Kier molecular flexibility index (Phi) is 2.55. The molecule has 1 saturated carbocycles. The number of rotatable bonds is 4. The molecule has 0 spiro atoms. The van der Waals surface area contributed by atoms with Gasteiger partial charge in [0.15, 0.2) is 0 Å². The number of anilines is 1. The van der Waals surface area contributed by atoms with Crippen molar-refractivity contribution < 1.29 is 4.39 Å². The summed E-state index contributed by atoms with van der Waals surface area (Å²) < 4.78 is 12.9. The van der Waals surface area contributed by atoms with Gasteiger partial charge in [0, 0.05) is 6.20 Å². The second-order valence-electron chi connectivity index (χ2n) is 4.50. The van der Waals surface area contributed by atoms with Crippen LogP contribution in [0.5, 0.6) is 0 Å². The van der Waals surface area contributed by atoms with Crippen LogP contribution in [0.4, 0.5) is 10.1 Å². The van der Waals surface area contributed by atoms with Gasteiger partial charge in [-0.1, -0.05) is 12.1 Å². The van der Waals surface area contributed by atoms with Crippen LogP contribution in [0.3, 0.4) is 0 Å². The average molecular weight is 231 g/mol. The molecule has 1 aromatic heterocycles. The van der Waals surface area contributed by atoms with Crippen molar-refractivity contribution in [3.05, 3.63) is 48.0 Å². The Morgan fingerprint density at radius 2 is 2.06 bits per heavy atom. The van der Waals surface area contributed by atoms with E-state index in [0.717, 1.165) is 11.3 Å². The number of H-pyrrole nitrogens is 1. The summed E-state index contributed by atoms with van der Waals surface area (Å²) in [6.45, 7) is 0. The molecule has 2 aromatic rings. The second kappa shape index (κ2) is 4.20. The van der Waals surface area contributed by atoms with Crippen LogP contribution in [0.25, 0.3) is 0 Å². The van der Waals surface area contributed by atoms with Gasteiger partial charge in [0.2, 0.25) is 0 Å². The minimum atomic E-state index is -0.188. The molecule has 3 nitrogen and oxygen atoms in total. The predicted octanol–water partition coefficient (Wildman–Crippen LogP) is 3.11. The SMILES string of the molecule is Fc1ccc(C(Nc2cn[nH]c2)C2CC2)cc1. The Morgan fingerprint density at radius 1 is 1.29 bits per heavy atom. The van der Waals surface area contributed by atoms with Crippen molar-refractivity contribution in [1.82, 2.24) is 10.2 Å². The van der Waals surface area contributed by atoms with Crippen molar-refractivity contribution in [3.8, 4) is 0 Å². The van der Waals surface area contributed by atoms with E-state index in [0.29, 0.717) is 5.92 Å². The van der Waals surface area contributed by atoms with E-state index in [2.05, 4.69) is 15.5 Å². The maximum atomic E-state index is 12.9. The number of halogens is 1. The number of nitrogens with zero attached hydrogens (tertiary/aromatic N) is 1. The third kappa shape index (κ3) is 2.30. The lowest BCUT2D eigenvalue weighted by Gasteiger charge is -2.18. The van der Waals surface area contributed by atoms with E-state index in [1.54, 1.807) is 6.20 Å². The topological polar surface area (TPSA) is 40.7 Å². The molecule has 0 bridgehead atoms. The fourth-order valence-corrected chi connectivity index (χ4v) is 2.08. The van der Waals surface area contributed by atoms with Gasteiger partial charge in [-0.05, 0) is 36.5 Å². The Labute approximate surface area is 99.1 Å². The number of benzene rings is 1. The standard InChI is InChI=1S/C13H14FN3/c14-11-5-3-10(4-6-11)13(9-1-2-9)17-12-7-15-16-8-12/h3-9,13,17H,1-2H2,(H,15,16). The Balaban J connectivity index is 1.82. The van der Waals surface area contributed by atoms with E-state index in [9.17, 15) is 4.39 Å². The largest absolute Gasteiger partial charge is 0.375 e. The highest BCUT2D eigenvalue weighted by Gasteiger charge is 2.32. The zero-order chi connectivity index (χ0) is 11.7. The molecule has 0 amide bonds. The van der Waals surface area contributed by atoms with Gasteiger partial charge in [-0.15, -0.1) is 0 Å². The fourth-order valence-electron chi connectivity index (χ4n) is 2.08. The van der Waals surface area contributed by atoms with Gasteiger partial charge in [-0.3, -0.25) is 5.10 Å². The molecule has 1 atom stereocenters. The summed E-state index contributed by atoms with van der Waals surface area (Å²) in [6.07, 6.45) is 6.05. The lowest BCUT2D eigenvalue weighted by Crippen LogP contribution is -2.12. The van der Waals surface area contributed by atoms with Crippen molar-refractivity contribution in [2.24, 2.45) is 5.92 Å². The molecule has 2 N–H and O–H groups in total. The average Bonchev–Trinajstić information content (AvgIpc) is 3.05. The monoisotopic (exact) mass is 231 g/mol. The van der Waals surface area contributed by atoms with Crippen LogP contribution in [0.1, 0.15) is 24.4 Å². The molecule has 1 fully saturated rings. The highest BCUT2D eigenvalue weighted by Crippen LogP contribution is 2.42. The van der Waals surface area contributed by atoms with Gasteiger partial charge in [0.25, 0.3) is 0 Å². The molecule has 0 saturated heterocycles. The van der Waals surface area contributed by atoms with Crippen molar-refractivity contribution in [3.63, 3.8) is 0 Å². The van der Waals surface area contributed by atoms with Crippen LogP contribution >= 0.6 is 0 Å². The summed E-state index contributed by atoms with van der Waals surface area (Å²) >= 11 is 0. The molecular weight excluding hydrogens is 217 g/mol. The van der Waals surface area contributed by atoms with E-state index >= 15 is 0 Å². The van der Waals surface area contributed by atoms with Crippen molar-refractivity contribution >= 4 is 5.69 Å². The van der Waals surface area contributed by atoms with E-state index in [4.69, 9.17) is 0 Å². The lowest BCUT2D eigenvalue weighted by atomic mass is 10.0. The highest BCUT2D eigenvalue weighted by molar-refractivity contribution is 5.42. The van der Waals surface area contributed by atoms with Crippen LogP contribution in [-0.4, -0.2) is 10.2 Å². The van der Waals surface area contributed by atoms with Gasteiger partial charge in [0.1, 0.15) is 5.82 Å². The lowest BCUT2D eigenvalue weighted by molar-refractivity contribution is 0.622. The van der Waals surface area contributed by atoms with Crippen LogP contribution in [0, 0.1) is 11.7 Å². The van der Waals surface area contributed by atoms with Gasteiger partial charge in [0.05, 0.1) is 17.9 Å². The number of aromatic amines is 1. The molecule has 17 heavy (non-hydrogen) atoms. The molecule has 4 heteroatoms. The fraction of sp³-hybridized carbons (Fsp3) is 0.308. The Morgan fingerprint density at radius 3 is 2.65 bits per heavy atom. The van der Waals surface area contributed by atoms with E-state index in [-0.39, 0.29) is 11.9 Å². The molecule has 0 aliphatic heterocycles. The van der Waals surface area contributed by atoms with E-state index < -0.39 is 0 Å². The molecule has 88 valence electrons. The first-order chi connectivity index (χ1) is 8.33. The Hall–Kier alpha value is -1.84. The van der Waals surface area contributed by atoms with Crippen LogP contribution in [0.15, 0.2) is 36.7 Å². The van der Waals surface area contributed by atoms with Crippen molar-refractivity contribution in [2.75, 3.05) is 5.32 Å². The molecule has 1 aliphatic carbocycles. The zero-order valence-corrected chi connectivity index (χ0v) is 9.36. The third-order valence-electron chi connectivity index (χ3n) is 3.14. The van der Waals surface area contributed by atoms with Gasteiger partial charge in [-0.2, -0.15) is 5.10 Å². The maximum absolute atomic E-state index is 12.9. The van der Waals surface area contributed by atoms with Crippen LogP contribution < -0.4 is 5.32 Å². The maximum Gasteiger partial charge on any atom is 0.123 e. The van der Waals surface area contributed by atoms with Crippen molar-refractivity contribution in [1.29, 1.82) is 0 Å². The molecule has 1 heterocycles. The molecular formula is C13H14FN3. The minimum Gasteiger partial charge on any atom is -0.375 e. The van der Waals surface area contributed by atoms with Gasteiger partial charge < -0.3 is 5.32 Å². The van der Waals surface area contributed by atoms with Gasteiger partial charge in [-0.25, -0.2) is 4.39 Å². The highest BCUT2D eigenvalue weighted by atomic mass is 19.1. The van der Waals surface area contributed by atoms with Crippen LogP contribution in [0.2, 0.25) is 0 Å². The molecule has 1 aromatic carbocycles. The first-order valence-electron chi connectivity index (χ1n) is 5.84. The normalized spacial score (nSPS) is 16.8. The number of hydrogen-bond donors (Lipinski definition) is 2. The molecule has 1 aliphatic rings. The number of hydrogen-bond acceptors (Lipinski definition) is 2. The summed E-state index contributed by atoms with van der Waals surface area (Å²) in [5, 5.41) is 10.1. The van der Waals surface area contributed by atoms with Crippen LogP contribution in [-0.2, 0) is 0 Å². The number of aromatic nitrogens is 2. The summed E-state index contributed by atoms with van der Waals surface area (Å²) in [4.78, 5) is 0. The second-order valence-corrected chi connectivity index (χ2v) is 4.50. The van der Waals surface area contributed by atoms with Gasteiger partial charge >= 0.3 is 0 Å². The summed E-state index contributed by atoms with van der Waals surface area (Å²) in [6, 6.07) is 6.99. The summed E-state index contributed by atoms with van der Waals surface area (Å²) in [7, 11) is 0. The summed E-state index contributed by atoms with van der Waals surface area (Å²) in [5.74, 6) is 0.460. The number of nitrogens with one attached hydrogen (secondary N) is 2. The smallest absolute Gasteiger partial charge is 0.123 e. The minimum absolute atomic E-state index is 0.188. The molecule has 3 rings (SSSR count). The molecule has 1 unspecified atom stereocenters. The van der Waals surface area contributed by atoms with Crippen molar-refractivity contribution in [2.45, 2.75) is 18.9 Å². The quantitative estimate of drug-likeness (QED) is 0.848. The van der Waals surface area contributed by atoms with E-state index in [1.165, 1.54) is 25.0 Å². The molecule has 0 radical (unpaired) electrons. The predicted molar refractivity (Wildman–Crippen MR) is 64.1 cm³/mol. The van der Waals surface area contributed by atoms with E-state index in [1.807, 2.05) is 18.3 Å². The first-order valence-corrected chi connectivity index (χ1v) is 5.84. The zero-order valence-electron chi connectivity index (χ0n) is 9.36. The first kappa shape index (κ1) is 10.3. The third-order valence-corrected chi connectivity index (χ3v) is 3.14. The Bertz CT molecular complexity index is 474.